The lowest BCUT2D eigenvalue weighted by Gasteiger charge is -2.17. The smallest absolute Gasteiger partial charge is 0.201 e. The number of nitrogens with zero attached hydrogens (tertiary/aromatic N) is 3. The molecular weight excluding hydrogens is 314 g/mol. The summed E-state index contributed by atoms with van der Waals surface area (Å²) in [7, 11) is 4.15. The first kappa shape index (κ1) is 16.4. The van der Waals surface area contributed by atoms with Gasteiger partial charge in [0.05, 0.1) is 20.8 Å². The van der Waals surface area contributed by atoms with Crippen LogP contribution in [0.1, 0.15) is 0 Å². The molecule has 1 aromatic rings. The molecule has 0 aromatic heterocycles. The summed E-state index contributed by atoms with van der Waals surface area (Å²) in [6.07, 6.45) is 3.82. The van der Waals surface area contributed by atoms with Gasteiger partial charge in [-0.15, -0.1) is 17.9 Å². The van der Waals surface area contributed by atoms with Crippen LogP contribution in [0.5, 0.6) is 0 Å². The Balaban J connectivity index is 2.15. The largest absolute Gasteiger partial charge is 0.371 e. The van der Waals surface area contributed by atoms with E-state index in [1.54, 1.807) is 11.3 Å². The van der Waals surface area contributed by atoms with E-state index in [-0.39, 0.29) is 0 Å². The summed E-state index contributed by atoms with van der Waals surface area (Å²) in [6.45, 7) is 9.27. The van der Waals surface area contributed by atoms with Crippen LogP contribution in [0.2, 0.25) is 0 Å². The van der Waals surface area contributed by atoms with Gasteiger partial charge in [0.25, 0.3) is 0 Å². The molecule has 4 heteroatoms. The molecule has 1 aromatic carbocycles. The van der Waals surface area contributed by atoms with E-state index in [2.05, 4.69) is 73.1 Å². The number of benzene rings is 2. The third-order valence-electron chi connectivity index (χ3n) is 4.04. The molecule has 0 N–H and O–H groups in total. The molecule has 0 spiro atoms. The molecule has 0 amide bonds. The molecule has 1 aliphatic heterocycles. The van der Waals surface area contributed by atoms with Crippen molar-refractivity contribution in [3.05, 3.63) is 67.1 Å². The number of rotatable bonds is 5. The van der Waals surface area contributed by atoms with Crippen molar-refractivity contribution in [1.29, 1.82) is 0 Å². The molecule has 0 saturated carbocycles. The third-order valence-corrected chi connectivity index (χ3v) is 5.13. The van der Waals surface area contributed by atoms with E-state index in [9.17, 15) is 0 Å². The van der Waals surface area contributed by atoms with E-state index < -0.39 is 0 Å². The average Bonchev–Trinajstić information content (AvgIpc) is 2.59. The fourth-order valence-electron chi connectivity index (χ4n) is 2.68. The second kappa shape index (κ2) is 6.97. The summed E-state index contributed by atoms with van der Waals surface area (Å²) in [4.78, 5) is 8.18. The predicted octanol–water partition coefficient (Wildman–Crippen LogP) is 3.61. The van der Waals surface area contributed by atoms with Gasteiger partial charge in [-0.05, 0) is 30.3 Å². The average molecular weight is 336 g/mol. The van der Waals surface area contributed by atoms with Gasteiger partial charge in [0, 0.05) is 31.4 Å². The molecule has 3 nitrogen and oxygen atoms in total. The maximum Gasteiger partial charge on any atom is 0.201 e. The van der Waals surface area contributed by atoms with Crippen LogP contribution in [0.3, 0.4) is 0 Å². The first-order valence-electron chi connectivity index (χ1n) is 7.94. The Morgan fingerprint density at radius 3 is 2.75 bits per heavy atom. The second-order valence-corrected chi connectivity index (χ2v) is 6.94. The summed E-state index contributed by atoms with van der Waals surface area (Å²) in [5, 5.41) is 1.18. The molecule has 3 rings (SSSR count). The zero-order valence-corrected chi connectivity index (χ0v) is 15.0. The fourth-order valence-corrected chi connectivity index (χ4v) is 3.71. The molecule has 24 heavy (non-hydrogen) atoms. The molecule has 1 aliphatic carbocycles. The van der Waals surface area contributed by atoms with Crippen molar-refractivity contribution in [1.82, 2.24) is 9.56 Å². The quantitative estimate of drug-likeness (QED) is 0.403. The highest BCUT2D eigenvalue weighted by molar-refractivity contribution is 7.21. The van der Waals surface area contributed by atoms with Crippen LogP contribution in [-0.2, 0) is 0 Å². The Bertz CT molecular complexity index is 939. The van der Waals surface area contributed by atoms with Crippen LogP contribution >= 0.6 is 11.3 Å². The van der Waals surface area contributed by atoms with E-state index in [0.29, 0.717) is 0 Å². The van der Waals surface area contributed by atoms with Crippen molar-refractivity contribution in [3.8, 4) is 10.6 Å². The van der Waals surface area contributed by atoms with Gasteiger partial charge in [-0.1, -0.05) is 12.7 Å². The van der Waals surface area contributed by atoms with Crippen molar-refractivity contribution >= 4 is 27.2 Å². The highest BCUT2D eigenvalue weighted by Crippen LogP contribution is 2.31. The predicted molar refractivity (Wildman–Crippen MR) is 106 cm³/mol. The molecule has 0 unspecified atom stereocenters. The zero-order valence-electron chi connectivity index (χ0n) is 14.2. The molecule has 0 atom stereocenters. The Labute approximate surface area is 146 Å². The van der Waals surface area contributed by atoms with Crippen LogP contribution < -0.4 is 14.8 Å². The minimum atomic E-state index is 0.827. The maximum atomic E-state index is 4.80. The standard InChI is InChI=1S/C20H22N3S/c1-5-11-22(3)15-7-9-17-19(13-15)24-20-14-16(23(4)12-6-2)8-10-18(20)21-17/h5-10,13-14H,1-2,11-12H2,3-4H3/q+1. The second-order valence-electron chi connectivity index (χ2n) is 5.86. The number of likely N-dealkylation sites (N-methyl/N-ethyl adjacent to an activating group) is 2. The van der Waals surface area contributed by atoms with Crippen LogP contribution in [0.25, 0.3) is 20.8 Å². The van der Waals surface area contributed by atoms with Gasteiger partial charge in [-0.3, -0.25) is 0 Å². The molecular formula is C20H22N3S+. The molecule has 1 heterocycles. The minimum Gasteiger partial charge on any atom is -0.371 e. The maximum absolute atomic E-state index is 4.80. The van der Waals surface area contributed by atoms with E-state index >= 15 is 0 Å². The molecule has 2 aliphatic rings. The summed E-state index contributed by atoms with van der Waals surface area (Å²) in [6, 6.07) is 12.8. The highest BCUT2D eigenvalue weighted by Gasteiger charge is 2.10. The van der Waals surface area contributed by atoms with E-state index in [1.807, 2.05) is 12.2 Å². The lowest BCUT2D eigenvalue weighted by molar-refractivity contribution is 0.745. The van der Waals surface area contributed by atoms with Gasteiger partial charge in [-0.2, -0.15) is 0 Å². The summed E-state index contributed by atoms with van der Waals surface area (Å²) in [5.74, 6) is 0. The third kappa shape index (κ3) is 3.24. The van der Waals surface area contributed by atoms with Gasteiger partial charge in [-0.25, -0.2) is 9.56 Å². The number of hydrogen-bond donors (Lipinski definition) is 0. The number of fused-ring (bicyclic) bond motifs is 2. The van der Waals surface area contributed by atoms with E-state index in [0.717, 1.165) is 24.3 Å². The molecule has 0 radical (unpaired) electrons. The summed E-state index contributed by atoms with van der Waals surface area (Å²) < 4.78 is 3.37. The minimum absolute atomic E-state index is 0.827. The van der Waals surface area contributed by atoms with Gasteiger partial charge >= 0.3 is 0 Å². The van der Waals surface area contributed by atoms with Gasteiger partial charge in [0.2, 0.25) is 5.36 Å². The first-order chi connectivity index (χ1) is 11.6. The van der Waals surface area contributed by atoms with Gasteiger partial charge in [0.1, 0.15) is 7.05 Å². The fraction of sp³-hybridized carbons (Fsp3) is 0.200. The Kier molecular flexibility index (Phi) is 4.76. The lowest BCUT2D eigenvalue weighted by Crippen LogP contribution is -2.25. The number of hydrogen-bond acceptors (Lipinski definition) is 3. The molecule has 0 bridgehead atoms. The number of anilines is 1. The van der Waals surface area contributed by atoms with Crippen molar-refractivity contribution in [2.24, 2.45) is 0 Å². The molecule has 122 valence electrons. The Morgan fingerprint density at radius 2 is 2.00 bits per heavy atom. The van der Waals surface area contributed by atoms with Crippen molar-refractivity contribution < 1.29 is 0 Å². The molecule has 0 saturated heterocycles. The summed E-state index contributed by atoms with van der Waals surface area (Å²) >= 11 is 1.78. The highest BCUT2D eigenvalue weighted by atomic mass is 32.1. The van der Waals surface area contributed by atoms with Crippen LogP contribution in [0.15, 0.2) is 61.7 Å². The van der Waals surface area contributed by atoms with Crippen molar-refractivity contribution in [3.63, 3.8) is 0 Å². The normalized spacial score (nSPS) is 12.2. The Hall–Kier alpha value is -2.46. The first-order valence-corrected chi connectivity index (χ1v) is 8.76. The van der Waals surface area contributed by atoms with E-state index in [1.165, 1.54) is 20.6 Å². The van der Waals surface area contributed by atoms with E-state index in [4.69, 9.17) is 4.98 Å². The van der Waals surface area contributed by atoms with Crippen LogP contribution in [0, 0.1) is 0 Å². The monoisotopic (exact) mass is 336 g/mol. The zero-order chi connectivity index (χ0) is 17.1. The lowest BCUT2D eigenvalue weighted by atomic mass is 10.2. The topological polar surface area (TPSA) is 19.1 Å². The van der Waals surface area contributed by atoms with Crippen molar-refractivity contribution in [2.45, 2.75) is 0 Å². The summed E-state index contributed by atoms with van der Waals surface area (Å²) in [5.41, 5.74) is 3.26. The number of aromatic nitrogens is 1. The van der Waals surface area contributed by atoms with Crippen LogP contribution in [-0.4, -0.2) is 32.2 Å². The SMILES string of the molecule is C=CCN(C)c1ccc2nc3ccc(=[N+](C)CC=C)cc-3sc2c1. The van der Waals surface area contributed by atoms with Crippen molar-refractivity contribution in [2.75, 3.05) is 32.1 Å². The van der Waals surface area contributed by atoms with Gasteiger partial charge in [0.15, 0.2) is 6.54 Å². The molecule has 0 fully saturated rings. The van der Waals surface area contributed by atoms with Crippen LogP contribution in [0.4, 0.5) is 5.69 Å². The Morgan fingerprint density at radius 1 is 1.17 bits per heavy atom. The van der Waals surface area contributed by atoms with Gasteiger partial charge < -0.3 is 4.90 Å².